The van der Waals surface area contributed by atoms with Crippen LogP contribution in [0.25, 0.3) is 0 Å². The lowest BCUT2D eigenvalue weighted by Crippen LogP contribution is -2.48. The minimum Gasteiger partial charge on any atom is -0.465 e. The van der Waals surface area contributed by atoms with Crippen molar-refractivity contribution in [3.63, 3.8) is 0 Å². The molecule has 0 amide bonds. The Bertz CT molecular complexity index is 162. The molecule has 0 heterocycles. The van der Waals surface area contributed by atoms with Crippen LogP contribution in [0.3, 0.4) is 0 Å². The molecule has 0 aromatic carbocycles. The van der Waals surface area contributed by atoms with Crippen LogP contribution in [0.15, 0.2) is 0 Å². The third kappa shape index (κ3) is 2.40. The van der Waals surface area contributed by atoms with Gasteiger partial charge in [-0.15, -0.1) is 0 Å². The topological polar surface area (TPSA) is 87.0 Å². The van der Waals surface area contributed by atoms with E-state index >= 15 is 0 Å². The van der Waals surface area contributed by atoms with E-state index in [4.69, 9.17) is 10.2 Å². The number of hydrogen-bond donors (Lipinski definition) is 3. The number of carbonyl (C=O) groups is 1. The average molecular weight is 192 g/mol. The second-order valence-electron chi connectivity index (χ2n) is 2.87. The lowest BCUT2D eigenvalue weighted by molar-refractivity contribution is -0.170. The quantitative estimate of drug-likeness (QED) is 0.481. The minimum atomic E-state index is -1.60. The van der Waals surface area contributed by atoms with Crippen molar-refractivity contribution in [2.24, 2.45) is 5.41 Å². The van der Waals surface area contributed by atoms with Crippen molar-refractivity contribution in [1.82, 2.24) is 0 Å². The van der Waals surface area contributed by atoms with Crippen LogP contribution < -0.4 is 0 Å². The van der Waals surface area contributed by atoms with E-state index in [-0.39, 0.29) is 6.61 Å². The number of aliphatic hydroxyl groups excluding tert-OH is 3. The first kappa shape index (κ1) is 12.3. The molecule has 0 aromatic rings. The van der Waals surface area contributed by atoms with Gasteiger partial charge in [0.2, 0.25) is 0 Å². The molecule has 0 aliphatic rings. The molecular formula is C8H16O5. The van der Waals surface area contributed by atoms with E-state index < -0.39 is 30.7 Å². The zero-order chi connectivity index (χ0) is 10.5. The first-order chi connectivity index (χ1) is 6.05. The zero-order valence-electron chi connectivity index (χ0n) is 7.86. The third-order valence-electron chi connectivity index (χ3n) is 2.05. The van der Waals surface area contributed by atoms with E-state index in [2.05, 4.69) is 4.74 Å². The van der Waals surface area contributed by atoms with Crippen molar-refractivity contribution in [1.29, 1.82) is 0 Å². The van der Waals surface area contributed by atoms with E-state index in [0.29, 0.717) is 0 Å². The maximum absolute atomic E-state index is 11.3. The number of rotatable bonds is 5. The van der Waals surface area contributed by atoms with Crippen LogP contribution >= 0.6 is 0 Å². The summed E-state index contributed by atoms with van der Waals surface area (Å²) in [7, 11) is 0. The van der Waals surface area contributed by atoms with E-state index in [1.165, 1.54) is 6.92 Å². The number of esters is 1. The zero-order valence-corrected chi connectivity index (χ0v) is 7.86. The van der Waals surface area contributed by atoms with Crippen molar-refractivity contribution >= 4 is 5.97 Å². The van der Waals surface area contributed by atoms with Gasteiger partial charge >= 0.3 is 5.97 Å². The Morgan fingerprint density at radius 3 is 2.15 bits per heavy atom. The molecule has 1 unspecified atom stereocenters. The lowest BCUT2D eigenvalue weighted by Gasteiger charge is -2.29. The Labute approximate surface area is 77.0 Å². The first-order valence-electron chi connectivity index (χ1n) is 4.12. The van der Waals surface area contributed by atoms with Gasteiger partial charge in [-0.25, -0.2) is 0 Å². The number of aliphatic hydroxyl groups is 3. The van der Waals surface area contributed by atoms with Crippen LogP contribution in [0.4, 0.5) is 0 Å². The van der Waals surface area contributed by atoms with Crippen molar-refractivity contribution in [3.05, 3.63) is 0 Å². The van der Waals surface area contributed by atoms with Crippen molar-refractivity contribution in [2.75, 3.05) is 19.8 Å². The smallest absolute Gasteiger partial charge is 0.319 e. The Balaban J connectivity index is 4.65. The molecule has 0 spiro atoms. The van der Waals surface area contributed by atoms with Crippen LogP contribution in [-0.4, -0.2) is 47.2 Å². The molecule has 0 aromatic heterocycles. The molecule has 0 bridgehead atoms. The van der Waals surface area contributed by atoms with Crippen molar-refractivity contribution < 1.29 is 24.9 Å². The second kappa shape index (κ2) is 5.16. The third-order valence-corrected chi connectivity index (χ3v) is 2.05. The number of hydrogen-bond acceptors (Lipinski definition) is 5. The van der Waals surface area contributed by atoms with Crippen LogP contribution in [0, 0.1) is 5.41 Å². The average Bonchev–Trinajstić information content (AvgIpc) is 2.07. The Morgan fingerprint density at radius 1 is 1.46 bits per heavy atom. The van der Waals surface area contributed by atoms with Gasteiger partial charge in [-0.2, -0.15) is 0 Å². The SMILES string of the molecule is CCOC(=O)C(CO)(CO)C(C)O. The van der Waals surface area contributed by atoms with E-state index in [9.17, 15) is 9.90 Å². The van der Waals surface area contributed by atoms with E-state index in [1.807, 2.05) is 0 Å². The fraction of sp³-hybridized carbons (Fsp3) is 0.875. The summed E-state index contributed by atoms with van der Waals surface area (Å²) in [4.78, 5) is 11.3. The summed E-state index contributed by atoms with van der Waals surface area (Å²) < 4.78 is 4.63. The van der Waals surface area contributed by atoms with Gasteiger partial charge in [0.25, 0.3) is 0 Å². The summed E-state index contributed by atoms with van der Waals surface area (Å²) in [5.74, 6) is -0.782. The molecule has 1 atom stereocenters. The Morgan fingerprint density at radius 2 is 1.92 bits per heavy atom. The van der Waals surface area contributed by atoms with Gasteiger partial charge in [-0.1, -0.05) is 0 Å². The molecule has 0 aliphatic carbocycles. The highest BCUT2D eigenvalue weighted by Crippen LogP contribution is 2.22. The molecule has 3 N–H and O–H groups in total. The highest BCUT2D eigenvalue weighted by Gasteiger charge is 2.43. The minimum absolute atomic E-state index is 0.146. The van der Waals surface area contributed by atoms with Gasteiger partial charge in [0.05, 0.1) is 25.9 Å². The van der Waals surface area contributed by atoms with Gasteiger partial charge in [0.15, 0.2) is 0 Å². The van der Waals surface area contributed by atoms with Gasteiger partial charge in [-0.05, 0) is 13.8 Å². The van der Waals surface area contributed by atoms with Crippen LogP contribution in [0.5, 0.6) is 0 Å². The highest BCUT2D eigenvalue weighted by molar-refractivity contribution is 5.77. The molecule has 13 heavy (non-hydrogen) atoms. The molecule has 5 heteroatoms. The maximum Gasteiger partial charge on any atom is 0.319 e. The standard InChI is InChI=1S/C8H16O5/c1-3-13-7(12)8(4-9,5-10)6(2)11/h6,9-11H,3-5H2,1-2H3. The van der Waals surface area contributed by atoms with Crippen LogP contribution in [-0.2, 0) is 9.53 Å². The van der Waals surface area contributed by atoms with Gasteiger partial charge in [-0.3, -0.25) is 4.79 Å². The second-order valence-corrected chi connectivity index (χ2v) is 2.87. The molecule has 5 nitrogen and oxygen atoms in total. The normalized spacial score (nSPS) is 13.9. The maximum atomic E-state index is 11.3. The molecule has 0 fully saturated rings. The molecule has 0 saturated carbocycles. The summed E-state index contributed by atoms with van der Waals surface area (Å²) in [5.41, 5.74) is -1.60. The predicted octanol–water partition coefficient (Wildman–Crippen LogP) is -1.10. The monoisotopic (exact) mass is 192 g/mol. The van der Waals surface area contributed by atoms with Crippen LogP contribution in [0.1, 0.15) is 13.8 Å². The molecular weight excluding hydrogens is 176 g/mol. The van der Waals surface area contributed by atoms with E-state index in [0.717, 1.165) is 0 Å². The largest absolute Gasteiger partial charge is 0.465 e. The van der Waals surface area contributed by atoms with Gasteiger partial charge < -0.3 is 20.1 Å². The molecule has 0 rings (SSSR count). The Hall–Kier alpha value is -0.650. The van der Waals surface area contributed by atoms with Crippen molar-refractivity contribution in [2.45, 2.75) is 20.0 Å². The highest BCUT2D eigenvalue weighted by atomic mass is 16.5. The van der Waals surface area contributed by atoms with Gasteiger partial charge in [0, 0.05) is 0 Å². The fourth-order valence-electron chi connectivity index (χ4n) is 0.889. The number of carbonyl (C=O) groups excluding carboxylic acids is 1. The van der Waals surface area contributed by atoms with Crippen molar-refractivity contribution in [3.8, 4) is 0 Å². The lowest BCUT2D eigenvalue weighted by atomic mass is 9.84. The molecule has 0 radical (unpaired) electrons. The molecule has 0 aliphatic heterocycles. The van der Waals surface area contributed by atoms with Crippen LogP contribution in [0.2, 0.25) is 0 Å². The van der Waals surface area contributed by atoms with E-state index in [1.54, 1.807) is 6.92 Å². The molecule has 0 saturated heterocycles. The number of ether oxygens (including phenoxy) is 1. The summed E-state index contributed by atoms with van der Waals surface area (Å²) >= 11 is 0. The molecule has 78 valence electrons. The first-order valence-corrected chi connectivity index (χ1v) is 4.12. The predicted molar refractivity (Wildman–Crippen MR) is 44.9 cm³/mol. The summed E-state index contributed by atoms with van der Waals surface area (Å²) in [6.07, 6.45) is -1.15. The fourth-order valence-corrected chi connectivity index (χ4v) is 0.889. The summed E-state index contributed by atoms with van der Waals surface area (Å²) in [5, 5.41) is 27.1. The van der Waals surface area contributed by atoms with Gasteiger partial charge in [0.1, 0.15) is 5.41 Å². The summed E-state index contributed by atoms with van der Waals surface area (Å²) in [6, 6.07) is 0. The summed E-state index contributed by atoms with van der Waals surface area (Å²) in [6.45, 7) is 1.80. The Kier molecular flexibility index (Phi) is 4.90.